The van der Waals surface area contributed by atoms with Crippen LogP contribution in [0.4, 0.5) is 0 Å². The Labute approximate surface area is 85.0 Å². The van der Waals surface area contributed by atoms with Crippen LogP contribution in [0.2, 0.25) is 0 Å². The lowest BCUT2D eigenvalue weighted by atomic mass is 9.77. The molecule has 1 unspecified atom stereocenters. The zero-order valence-corrected chi connectivity index (χ0v) is 8.11. The standard InChI is InChI=1S/C14H13/c1-2-6-12-10-14-8-4-3-7-13(14)9-11(12)5-1/h1-8,11H,9-10H2. The molecule has 2 aliphatic rings. The van der Waals surface area contributed by atoms with Gasteiger partial charge in [-0.15, -0.1) is 0 Å². The highest BCUT2D eigenvalue weighted by molar-refractivity contribution is 5.41. The Balaban J connectivity index is 2.03. The number of rotatable bonds is 0. The third-order valence-electron chi connectivity index (χ3n) is 3.19. The maximum Gasteiger partial charge on any atom is -0.00581 e. The van der Waals surface area contributed by atoms with Crippen LogP contribution in [0.15, 0.2) is 48.1 Å². The molecule has 0 fully saturated rings. The first-order valence-electron chi connectivity index (χ1n) is 5.21. The number of allylic oxidation sites excluding steroid dienone is 4. The minimum absolute atomic E-state index is 0.662. The Kier molecular flexibility index (Phi) is 1.80. The van der Waals surface area contributed by atoms with Gasteiger partial charge < -0.3 is 0 Å². The van der Waals surface area contributed by atoms with Gasteiger partial charge in [-0.05, 0) is 36.3 Å². The highest BCUT2D eigenvalue weighted by Gasteiger charge is 2.22. The largest absolute Gasteiger partial charge is 0.0802 e. The topological polar surface area (TPSA) is 0 Å². The van der Waals surface area contributed by atoms with E-state index in [9.17, 15) is 0 Å². The maximum absolute atomic E-state index is 2.32. The van der Waals surface area contributed by atoms with E-state index in [1.165, 1.54) is 17.5 Å². The molecular formula is C14H13. The molecule has 1 aromatic carbocycles. The van der Waals surface area contributed by atoms with Crippen molar-refractivity contribution in [2.75, 3.05) is 0 Å². The second-order valence-electron chi connectivity index (χ2n) is 4.08. The molecule has 0 saturated heterocycles. The van der Waals surface area contributed by atoms with Crippen molar-refractivity contribution in [1.82, 2.24) is 0 Å². The van der Waals surface area contributed by atoms with Crippen LogP contribution >= 0.6 is 0 Å². The van der Waals surface area contributed by atoms with Crippen LogP contribution in [0.3, 0.4) is 0 Å². The van der Waals surface area contributed by atoms with E-state index in [1.807, 2.05) is 0 Å². The third-order valence-corrected chi connectivity index (χ3v) is 3.19. The van der Waals surface area contributed by atoms with Crippen molar-refractivity contribution in [1.29, 1.82) is 0 Å². The van der Waals surface area contributed by atoms with Gasteiger partial charge in [0.1, 0.15) is 0 Å². The summed E-state index contributed by atoms with van der Waals surface area (Å²) in [5.41, 5.74) is 4.62. The van der Waals surface area contributed by atoms with E-state index in [2.05, 4.69) is 48.9 Å². The first kappa shape index (κ1) is 8.05. The molecule has 14 heavy (non-hydrogen) atoms. The van der Waals surface area contributed by atoms with Crippen molar-refractivity contribution in [3.63, 3.8) is 0 Å². The Morgan fingerprint density at radius 2 is 1.86 bits per heavy atom. The summed E-state index contributed by atoms with van der Waals surface area (Å²) in [6.07, 6.45) is 11.3. The van der Waals surface area contributed by atoms with Gasteiger partial charge in [-0.3, -0.25) is 0 Å². The van der Waals surface area contributed by atoms with Crippen LogP contribution in [0.25, 0.3) is 0 Å². The van der Waals surface area contributed by atoms with Gasteiger partial charge in [-0.1, -0.05) is 48.1 Å². The summed E-state index contributed by atoms with van der Waals surface area (Å²) in [4.78, 5) is 0. The molecule has 0 aromatic heterocycles. The monoisotopic (exact) mass is 181 g/mol. The molecule has 0 saturated carbocycles. The molecule has 0 amide bonds. The molecule has 1 atom stereocenters. The molecule has 0 aliphatic heterocycles. The average Bonchev–Trinajstić information content (AvgIpc) is 2.26. The minimum atomic E-state index is 0.662. The molecular weight excluding hydrogens is 168 g/mol. The summed E-state index contributed by atoms with van der Waals surface area (Å²) < 4.78 is 0. The summed E-state index contributed by atoms with van der Waals surface area (Å²) in [5.74, 6) is 0.662. The van der Waals surface area contributed by atoms with Gasteiger partial charge in [0.25, 0.3) is 0 Å². The lowest BCUT2D eigenvalue weighted by molar-refractivity contribution is 0.656. The van der Waals surface area contributed by atoms with Gasteiger partial charge in [0.15, 0.2) is 0 Å². The zero-order valence-electron chi connectivity index (χ0n) is 8.11. The number of fused-ring (bicyclic) bond motifs is 2. The quantitative estimate of drug-likeness (QED) is 0.577. The highest BCUT2D eigenvalue weighted by atomic mass is 14.3. The van der Waals surface area contributed by atoms with Gasteiger partial charge in [-0.2, -0.15) is 0 Å². The van der Waals surface area contributed by atoms with Gasteiger partial charge in [-0.25, -0.2) is 0 Å². The van der Waals surface area contributed by atoms with Crippen LogP contribution in [0.5, 0.6) is 0 Å². The fourth-order valence-electron chi connectivity index (χ4n) is 2.40. The van der Waals surface area contributed by atoms with Crippen LogP contribution < -0.4 is 0 Å². The Morgan fingerprint density at radius 1 is 1.00 bits per heavy atom. The van der Waals surface area contributed by atoms with Crippen molar-refractivity contribution in [3.05, 3.63) is 65.6 Å². The molecule has 1 aromatic rings. The smallest absolute Gasteiger partial charge is 0.00581 e. The first-order chi connectivity index (χ1) is 6.93. The molecule has 1 radical (unpaired) electrons. The van der Waals surface area contributed by atoms with E-state index in [1.54, 1.807) is 5.57 Å². The average molecular weight is 181 g/mol. The predicted molar refractivity (Wildman–Crippen MR) is 58.9 cm³/mol. The third kappa shape index (κ3) is 1.22. The summed E-state index contributed by atoms with van der Waals surface area (Å²) in [7, 11) is 0. The van der Waals surface area contributed by atoms with Gasteiger partial charge in [0.2, 0.25) is 0 Å². The van der Waals surface area contributed by atoms with Crippen molar-refractivity contribution in [3.8, 4) is 0 Å². The summed E-state index contributed by atoms with van der Waals surface area (Å²) in [6.45, 7) is 0. The zero-order chi connectivity index (χ0) is 9.38. The van der Waals surface area contributed by atoms with E-state index in [-0.39, 0.29) is 0 Å². The summed E-state index contributed by atoms with van der Waals surface area (Å²) >= 11 is 0. The molecule has 0 N–H and O–H groups in total. The molecule has 0 heteroatoms. The van der Waals surface area contributed by atoms with Gasteiger partial charge in [0.05, 0.1) is 0 Å². The highest BCUT2D eigenvalue weighted by Crippen LogP contribution is 2.33. The number of hydrogen-bond donors (Lipinski definition) is 0. The van der Waals surface area contributed by atoms with Crippen LogP contribution in [0, 0.1) is 12.3 Å². The van der Waals surface area contributed by atoms with Crippen molar-refractivity contribution in [2.24, 2.45) is 5.92 Å². The van der Waals surface area contributed by atoms with E-state index >= 15 is 0 Å². The number of benzene rings is 1. The van der Waals surface area contributed by atoms with Crippen LogP contribution in [-0.4, -0.2) is 0 Å². The summed E-state index contributed by atoms with van der Waals surface area (Å²) in [6, 6.07) is 8.80. The second-order valence-corrected chi connectivity index (χ2v) is 4.08. The lowest BCUT2D eigenvalue weighted by Crippen LogP contribution is -2.18. The fourth-order valence-corrected chi connectivity index (χ4v) is 2.40. The van der Waals surface area contributed by atoms with Crippen LogP contribution in [-0.2, 0) is 12.8 Å². The van der Waals surface area contributed by atoms with Crippen molar-refractivity contribution < 1.29 is 0 Å². The summed E-state index contributed by atoms with van der Waals surface area (Å²) in [5, 5.41) is 0. The normalized spacial score (nSPS) is 23.7. The van der Waals surface area contributed by atoms with E-state index in [0.29, 0.717) is 5.92 Å². The molecule has 0 nitrogen and oxygen atoms in total. The van der Waals surface area contributed by atoms with E-state index in [4.69, 9.17) is 0 Å². The maximum atomic E-state index is 2.32. The Morgan fingerprint density at radius 3 is 2.79 bits per heavy atom. The molecule has 0 bridgehead atoms. The second kappa shape index (κ2) is 3.13. The molecule has 0 heterocycles. The Bertz CT molecular complexity index is 410. The molecule has 3 rings (SSSR count). The van der Waals surface area contributed by atoms with Crippen molar-refractivity contribution >= 4 is 0 Å². The van der Waals surface area contributed by atoms with Gasteiger partial charge >= 0.3 is 0 Å². The minimum Gasteiger partial charge on any atom is -0.0802 e. The number of hydrogen-bond acceptors (Lipinski definition) is 0. The predicted octanol–water partition coefficient (Wildman–Crippen LogP) is 3.10. The molecule has 69 valence electrons. The van der Waals surface area contributed by atoms with Gasteiger partial charge in [0, 0.05) is 0 Å². The van der Waals surface area contributed by atoms with Crippen molar-refractivity contribution in [2.45, 2.75) is 12.8 Å². The lowest BCUT2D eigenvalue weighted by Gasteiger charge is -2.28. The van der Waals surface area contributed by atoms with Crippen LogP contribution in [0.1, 0.15) is 11.1 Å². The first-order valence-corrected chi connectivity index (χ1v) is 5.21. The van der Waals surface area contributed by atoms with E-state index in [0.717, 1.165) is 6.42 Å². The van der Waals surface area contributed by atoms with E-state index < -0.39 is 0 Å². The molecule has 0 spiro atoms. The fraction of sp³-hybridized carbons (Fsp3) is 0.214. The SMILES string of the molecule is [CH]1C=CC=C2Cc3ccccc3CC12. The Hall–Kier alpha value is -1.30. The molecule has 2 aliphatic carbocycles.